The van der Waals surface area contributed by atoms with Crippen molar-refractivity contribution in [2.45, 2.75) is 51.9 Å². The second-order valence-electron chi connectivity index (χ2n) is 7.50. The first-order valence-corrected chi connectivity index (χ1v) is 7.86. The van der Waals surface area contributed by atoms with Gasteiger partial charge in [-0.1, -0.05) is 38.5 Å². The molecule has 2 N–H and O–H groups in total. The van der Waals surface area contributed by atoms with Gasteiger partial charge in [-0.2, -0.15) is 5.10 Å². The van der Waals surface area contributed by atoms with E-state index in [0.29, 0.717) is 11.3 Å². The van der Waals surface area contributed by atoms with Crippen LogP contribution in [0.5, 0.6) is 0 Å². The Morgan fingerprint density at radius 3 is 2.62 bits per heavy atom. The van der Waals surface area contributed by atoms with E-state index in [2.05, 4.69) is 67.5 Å². The third-order valence-electron chi connectivity index (χ3n) is 6.24. The van der Waals surface area contributed by atoms with Gasteiger partial charge in [-0.25, -0.2) is 0 Å². The zero-order valence-corrected chi connectivity index (χ0v) is 13.2. The molecule has 2 aromatic rings. The van der Waals surface area contributed by atoms with Crippen LogP contribution >= 0.6 is 0 Å². The number of aromatic amines is 1. The summed E-state index contributed by atoms with van der Waals surface area (Å²) in [5.74, 6) is 1.64. The second kappa shape index (κ2) is 3.90. The summed E-state index contributed by atoms with van der Waals surface area (Å²) in [5, 5.41) is 11.4. The minimum Gasteiger partial charge on any atom is -0.339 e. The van der Waals surface area contributed by atoms with Crippen LogP contribution in [0.3, 0.4) is 0 Å². The first-order chi connectivity index (χ1) is 9.93. The molecular formula is C18H23N3. The van der Waals surface area contributed by atoms with E-state index in [1.165, 1.54) is 29.7 Å². The maximum Gasteiger partial charge on any atom is 0.155 e. The van der Waals surface area contributed by atoms with Crippen LogP contribution in [0.15, 0.2) is 24.3 Å². The maximum atomic E-state index is 4.57. The number of benzene rings is 1. The van der Waals surface area contributed by atoms with Gasteiger partial charge < -0.3 is 5.32 Å². The van der Waals surface area contributed by atoms with E-state index in [4.69, 9.17) is 0 Å². The number of fused-ring (bicyclic) bond motifs is 5. The van der Waals surface area contributed by atoms with Crippen LogP contribution in [0.25, 0.3) is 0 Å². The highest BCUT2D eigenvalue weighted by Gasteiger charge is 2.61. The van der Waals surface area contributed by atoms with Crippen molar-refractivity contribution in [3.8, 4) is 0 Å². The number of nitrogens with zero attached hydrogens (tertiary/aromatic N) is 1. The molecule has 0 radical (unpaired) electrons. The summed E-state index contributed by atoms with van der Waals surface area (Å²) in [6, 6.07) is 8.51. The summed E-state index contributed by atoms with van der Waals surface area (Å²) >= 11 is 0. The van der Waals surface area contributed by atoms with Crippen LogP contribution in [-0.4, -0.2) is 10.2 Å². The summed E-state index contributed by atoms with van der Waals surface area (Å²) in [5.41, 5.74) is 5.74. The maximum absolute atomic E-state index is 4.57. The summed E-state index contributed by atoms with van der Waals surface area (Å²) in [6.45, 7) is 9.33. The molecule has 0 saturated heterocycles. The van der Waals surface area contributed by atoms with Gasteiger partial charge in [0, 0.05) is 22.4 Å². The monoisotopic (exact) mass is 281 g/mol. The first-order valence-electron chi connectivity index (χ1n) is 7.86. The Balaban J connectivity index is 1.74. The summed E-state index contributed by atoms with van der Waals surface area (Å²) in [6.07, 6.45) is 2.54. The molecule has 1 heterocycles. The van der Waals surface area contributed by atoms with E-state index in [-0.39, 0.29) is 5.41 Å². The predicted molar refractivity (Wildman–Crippen MR) is 86.2 cm³/mol. The third kappa shape index (κ3) is 1.52. The molecule has 3 nitrogen and oxygen atoms in total. The highest BCUT2D eigenvalue weighted by atomic mass is 15.2. The van der Waals surface area contributed by atoms with Gasteiger partial charge in [0.15, 0.2) is 5.82 Å². The van der Waals surface area contributed by atoms with Crippen molar-refractivity contribution in [2.75, 3.05) is 5.32 Å². The van der Waals surface area contributed by atoms with E-state index in [1.807, 2.05) is 0 Å². The third-order valence-corrected chi connectivity index (χ3v) is 6.24. The predicted octanol–water partition coefficient (Wildman–Crippen LogP) is 4.64. The molecule has 4 rings (SSSR count). The molecule has 2 atom stereocenters. The molecule has 0 aliphatic heterocycles. The average molecular weight is 281 g/mol. The Morgan fingerprint density at radius 2 is 1.90 bits per heavy atom. The van der Waals surface area contributed by atoms with E-state index < -0.39 is 0 Å². The lowest BCUT2D eigenvalue weighted by Crippen LogP contribution is -2.32. The quantitative estimate of drug-likeness (QED) is 0.842. The highest BCUT2D eigenvalue weighted by Crippen LogP contribution is 2.68. The number of rotatable bonds is 2. The molecule has 110 valence electrons. The summed E-state index contributed by atoms with van der Waals surface area (Å²) < 4.78 is 0. The lowest BCUT2D eigenvalue weighted by atomic mass is 9.70. The highest BCUT2D eigenvalue weighted by molar-refractivity contribution is 5.65. The fourth-order valence-corrected chi connectivity index (χ4v) is 4.43. The van der Waals surface area contributed by atoms with Gasteiger partial charge in [0.1, 0.15) is 0 Å². The van der Waals surface area contributed by atoms with Crippen LogP contribution in [0.4, 0.5) is 11.5 Å². The molecule has 2 aliphatic carbocycles. The molecule has 2 aliphatic rings. The SMILES string of the molecule is Cc1ccc(Nc2n[nH]c3c2C2CCC3(C)C2(C)C)cc1. The van der Waals surface area contributed by atoms with Crippen molar-refractivity contribution < 1.29 is 0 Å². The van der Waals surface area contributed by atoms with Gasteiger partial charge in [0.25, 0.3) is 0 Å². The Kier molecular flexibility index (Phi) is 2.40. The molecule has 21 heavy (non-hydrogen) atoms. The number of hydrogen-bond donors (Lipinski definition) is 2. The van der Waals surface area contributed by atoms with E-state index in [9.17, 15) is 0 Å². The normalized spacial score (nSPS) is 28.7. The number of aromatic nitrogens is 2. The molecule has 2 unspecified atom stereocenters. The zero-order chi connectivity index (χ0) is 14.8. The van der Waals surface area contributed by atoms with Crippen LogP contribution in [0.2, 0.25) is 0 Å². The number of anilines is 2. The van der Waals surface area contributed by atoms with Gasteiger partial charge in [-0.05, 0) is 43.2 Å². The number of hydrogen-bond acceptors (Lipinski definition) is 2. The standard InChI is InChI=1S/C18H23N3/c1-11-5-7-12(8-6-11)19-16-14-13-9-10-18(4,17(13,2)3)15(14)20-21-16/h5-8,13H,9-10H2,1-4H3,(H2,19,20,21). The van der Waals surface area contributed by atoms with Crippen molar-refractivity contribution in [1.82, 2.24) is 10.2 Å². The van der Waals surface area contributed by atoms with Crippen molar-refractivity contribution >= 4 is 11.5 Å². The number of nitrogens with one attached hydrogen (secondary N) is 2. The fourth-order valence-electron chi connectivity index (χ4n) is 4.43. The Morgan fingerprint density at radius 1 is 1.19 bits per heavy atom. The Hall–Kier alpha value is -1.77. The van der Waals surface area contributed by atoms with Gasteiger partial charge in [0.05, 0.1) is 0 Å². The van der Waals surface area contributed by atoms with Crippen molar-refractivity contribution in [3.05, 3.63) is 41.1 Å². The van der Waals surface area contributed by atoms with Gasteiger partial charge in [-0.15, -0.1) is 0 Å². The largest absolute Gasteiger partial charge is 0.339 e. The van der Waals surface area contributed by atoms with Crippen molar-refractivity contribution in [2.24, 2.45) is 5.41 Å². The second-order valence-corrected chi connectivity index (χ2v) is 7.50. The molecule has 1 aromatic heterocycles. The Bertz CT molecular complexity index is 696. The lowest BCUT2D eigenvalue weighted by molar-refractivity contribution is 0.225. The minimum absolute atomic E-state index is 0.243. The van der Waals surface area contributed by atoms with Crippen molar-refractivity contribution in [3.63, 3.8) is 0 Å². The lowest BCUT2D eigenvalue weighted by Gasteiger charge is -2.34. The number of H-pyrrole nitrogens is 1. The molecule has 0 spiro atoms. The zero-order valence-electron chi connectivity index (χ0n) is 13.2. The average Bonchev–Trinajstić information content (AvgIpc) is 3.00. The van der Waals surface area contributed by atoms with E-state index >= 15 is 0 Å². The van der Waals surface area contributed by atoms with Crippen LogP contribution in [-0.2, 0) is 5.41 Å². The molecule has 1 fully saturated rings. The fraction of sp³-hybridized carbons (Fsp3) is 0.500. The van der Waals surface area contributed by atoms with E-state index in [0.717, 1.165) is 11.5 Å². The summed E-state index contributed by atoms with van der Waals surface area (Å²) in [7, 11) is 0. The first kappa shape index (κ1) is 12.9. The molecule has 1 saturated carbocycles. The molecule has 1 aromatic carbocycles. The minimum atomic E-state index is 0.243. The van der Waals surface area contributed by atoms with Crippen molar-refractivity contribution in [1.29, 1.82) is 0 Å². The smallest absolute Gasteiger partial charge is 0.155 e. The molecular weight excluding hydrogens is 258 g/mol. The molecule has 0 amide bonds. The topological polar surface area (TPSA) is 40.7 Å². The van der Waals surface area contributed by atoms with Gasteiger partial charge in [0.2, 0.25) is 0 Å². The van der Waals surface area contributed by atoms with Gasteiger partial charge >= 0.3 is 0 Å². The summed E-state index contributed by atoms with van der Waals surface area (Å²) in [4.78, 5) is 0. The molecule has 3 heteroatoms. The van der Waals surface area contributed by atoms with E-state index in [1.54, 1.807) is 0 Å². The Labute approximate surface area is 126 Å². The van der Waals surface area contributed by atoms with Crippen LogP contribution in [0, 0.1) is 12.3 Å². The van der Waals surface area contributed by atoms with Crippen LogP contribution < -0.4 is 5.32 Å². The van der Waals surface area contributed by atoms with Crippen LogP contribution in [0.1, 0.15) is 56.4 Å². The molecule has 2 bridgehead atoms. The number of aryl methyl sites for hydroxylation is 1. The van der Waals surface area contributed by atoms with Gasteiger partial charge in [-0.3, -0.25) is 5.10 Å².